The van der Waals surface area contributed by atoms with Crippen molar-refractivity contribution in [2.45, 2.75) is 13.0 Å². The second-order valence-electron chi connectivity index (χ2n) is 4.83. The molecule has 0 heterocycles. The van der Waals surface area contributed by atoms with E-state index in [0.29, 0.717) is 11.4 Å². The SMILES string of the molecule is COc1ccccc1NC(=O)[C@H](C)OC(=O)c1c(Cl)cccc1Cl. The minimum atomic E-state index is -1.05. The molecule has 1 atom stereocenters. The van der Waals surface area contributed by atoms with E-state index in [9.17, 15) is 9.59 Å². The third-order valence-corrected chi connectivity index (χ3v) is 3.81. The van der Waals surface area contributed by atoms with Crippen LogP contribution in [0.25, 0.3) is 0 Å². The van der Waals surface area contributed by atoms with Crippen molar-refractivity contribution in [3.05, 3.63) is 58.1 Å². The standard InChI is InChI=1S/C17H15Cl2NO4/c1-10(16(21)20-13-8-3-4-9-14(13)23-2)24-17(22)15-11(18)6-5-7-12(15)19/h3-10H,1-2H3,(H,20,21)/t10-/m0/s1. The Morgan fingerprint density at radius 3 is 2.29 bits per heavy atom. The Hall–Kier alpha value is -2.24. The number of benzene rings is 2. The normalized spacial score (nSPS) is 11.5. The Morgan fingerprint density at radius 2 is 1.67 bits per heavy atom. The molecule has 0 saturated heterocycles. The second kappa shape index (κ2) is 8.04. The van der Waals surface area contributed by atoms with Gasteiger partial charge in [0.15, 0.2) is 6.10 Å². The summed E-state index contributed by atoms with van der Waals surface area (Å²) in [6, 6.07) is 11.5. The van der Waals surface area contributed by atoms with Crippen LogP contribution in [-0.4, -0.2) is 25.1 Å². The van der Waals surface area contributed by atoms with Gasteiger partial charge in [-0.1, -0.05) is 41.4 Å². The lowest BCUT2D eigenvalue weighted by Gasteiger charge is -2.15. The van der Waals surface area contributed by atoms with Gasteiger partial charge in [-0.3, -0.25) is 4.79 Å². The van der Waals surface area contributed by atoms with Gasteiger partial charge in [-0.2, -0.15) is 0 Å². The highest BCUT2D eigenvalue weighted by Gasteiger charge is 2.23. The van der Waals surface area contributed by atoms with E-state index in [1.165, 1.54) is 26.2 Å². The molecule has 1 N–H and O–H groups in total. The van der Waals surface area contributed by atoms with Gasteiger partial charge in [0.2, 0.25) is 0 Å². The van der Waals surface area contributed by atoms with Crippen LogP contribution in [-0.2, 0) is 9.53 Å². The van der Waals surface area contributed by atoms with Gasteiger partial charge in [-0.05, 0) is 31.2 Å². The quantitative estimate of drug-likeness (QED) is 0.804. The van der Waals surface area contributed by atoms with Crippen LogP contribution in [0.1, 0.15) is 17.3 Å². The second-order valence-corrected chi connectivity index (χ2v) is 5.65. The number of ether oxygens (including phenoxy) is 2. The fourth-order valence-electron chi connectivity index (χ4n) is 1.95. The minimum absolute atomic E-state index is 0.0257. The van der Waals surface area contributed by atoms with Crippen LogP contribution in [0.3, 0.4) is 0 Å². The van der Waals surface area contributed by atoms with Crippen molar-refractivity contribution in [3.63, 3.8) is 0 Å². The Labute approximate surface area is 149 Å². The van der Waals surface area contributed by atoms with Crippen molar-refractivity contribution < 1.29 is 19.1 Å². The average Bonchev–Trinajstić information content (AvgIpc) is 2.55. The molecule has 0 aromatic heterocycles. The number of amides is 1. The number of para-hydroxylation sites is 2. The number of methoxy groups -OCH3 is 1. The molecule has 2 aromatic carbocycles. The summed E-state index contributed by atoms with van der Waals surface area (Å²) in [5.74, 6) is -0.775. The average molecular weight is 368 g/mol. The largest absolute Gasteiger partial charge is 0.495 e. The maximum atomic E-state index is 12.2. The summed E-state index contributed by atoms with van der Waals surface area (Å²) >= 11 is 11.9. The molecule has 0 spiro atoms. The number of esters is 1. The van der Waals surface area contributed by atoms with Crippen molar-refractivity contribution in [1.29, 1.82) is 0 Å². The monoisotopic (exact) mass is 367 g/mol. The molecule has 5 nitrogen and oxygen atoms in total. The lowest BCUT2D eigenvalue weighted by atomic mass is 10.2. The zero-order valence-corrected chi connectivity index (χ0v) is 14.5. The highest BCUT2D eigenvalue weighted by molar-refractivity contribution is 6.39. The molecule has 0 aliphatic carbocycles. The molecular weight excluding hydrogens is 353 g/mol. The molecule has 0 aliphatic rings. The first-order valence-electron chi connectivity index (χ1n) is 7.03. The number of carbonyl (C=O) groups is 2. The minimum Gasteiger partial charge on any atom is -0.495 e. The first kappa shape index (κ1) is 18.1. The number of halogens is 2. The van der Waals surface area contributed by atoms with Gasteiger partial charge in [-0.15, -0.1) is 0 Å². The van der Waals surface area contributed by atoms with Crippen LogP contribution < -0.4 is 10.1 Å². The molecule has 2 aromatic rings. The van der Waals surface area contributed by atoms with Crippen LogP contribution in [0.5, 0.6) is 5.75 Å². The van der Waals surface area contributed by atoms with Gasteiger partial charge >= 0.3 is 5.97 Å². The Bertz CT molecular complexity index is 744. The predicted molar refractivity (Wildman–Crippen MR) is 93.0 cm³/mol. The van der Waals surface area contributed by atoms with Crippen molar-refractivity contribution in [2.75, 3.05) is 12.4 Å². The smallest absolute Gasteiger partial charge is 0.341 e. The maximum Gasteiger partial charge on any atom is 0.341 e. The van der Waals surface area contributed by atoms with Crippen LogP contribution in [0.2, 0.25) is 10.0 Å². The molecule has 0 unspecified atom stereocenters. The highest BCUT2D eigenvalue weighted by Crippen LogP contribution is 2.26. The molecule has 0 aliphatic heterocycles. The van der Waals surface area contributed by atoms with Crippen LogP contribution in [0, 0.1) is 0 Å². The topological polar surface area (TPSA) is 64.6 Å². The van der Waals surface area contributed by atoms with Gasteiger partial charge in [0.05, 0.1) is 28.4 Å². The zero-order valence-electron chi connectivity index (χ0n) is 13.0. The molecule has 7 heteroatoms. The van der Waals surface area contributed by atoms with Gasteiger partial charge < -0.3 is 14.8 Å². The first-order chi connectivity index (χ1) is 11.4. The molecular formula is C17H15Cl2NO4. The van der Waals surface area contributed by atoms with E-state index >= 15 is 0 Å². The van der Waals surface area contributed by atoms with E-state index in [2.05, 4.69) is 5.32 Å². The van der Waals surface area contributed by atoms with E-state index in [1.54, 1.807) is 30.3 Å². The van der Waals surface area contributed by atoms with Gasteiger partial charge in [0.25, 0.3) is 5.91 Å². The Kier molecular flexibility index (Phi) is 6.06. The van der Waals surface area contributed by atoms with E-state index in [0.717, 1.165) is 0 Å². The molecule has 0 radical (unpaired) electrons. The van der Waals surface area contributed by atoms with Crippen molar-refractivity contribution in [3.8, 4) is 5.75 Å². The van der Waals surface area contributed by atoms with E-state index in [4.69, 9.17) is 32.7 Å². The number of rotatable bonds is 5. The maximum absolute atomic E-state index is 12.2. The molecule has 0 fully saturated rings. The van der Waals surface area contributed by atoms with Crippen molar-refractivity contribution >= 4 is 40.8 Å². The number of hydrogen-bond donors (Lipinski definition) is 1. The summed E-state index contributed by atoms with van der Waals surface area (Å²) in [6.07, 6.45) is -1.05. The fraction of sp³-hybridized carbons (Fsp3) is 0.176. The zero-order chi connectivity index (χ0) is 17.7. The summed E-state index contributed by atoms with van der Waals surface area (Å²) in [7, 11) is 1.49. The van der Waals surface area contributed by atoms with Crippen LogP contribution >= 0.6 is 23.2 Å². The first-order valence-corrected chi connectivity index (χ1v) is 7.78. The number of carbonyl (C=O) groups excluding carboxylic acids is 2. The van der Waals surface area contributed by atoms with Gasteiger partial charge in [-0.25, -0.2) is 4.79 Å². The molecule has 2 rings (SSSR count). The van der Waals surface area contributed by atoms with Crippen LogP contribution in [0.15, 0.2) is 42.5 Å². The lowest BCUT2D eigenvalue weighted by Crippen LogP contribution is -2.30. The molecule has 0 bridgehead atoms. The number of anilines is 1. The van der Waals surface area contributed by atoms with Crippen LogP contribution in [0.4, 0.5) is 5.69 Å². The predicted octanol–water partition coefficient (Wildman–Crippen LogP) is 4.19. The molecule has 0 saturated carbocycles. The van der Waals surface area contributed by atoms with E-state index < -0.39 is 18.0 Å². The Balaban J connectivity index is 2.07. The molecule has 24 heavy (non-hydrogen) atoms. The van der Waals surface area contributed by atoms with Crippen molar-refractivity contribution in [1.82, 2.24) is 0 Å². The third-order valence-electron chi connectivity index (χ3n) is 3.18. The fourth-order valence-corrected chi connectivity index (χ4v) is 2.50. The van der Waals surface area contributed by atoms with E-state index in [1.807, 2.05) is 0 Å². The highest BCUT2D eigenvalue weighted by atomic mass is 35.5. The summed E-state index contributed by atoms with van der Waals surface area (Å²) < 4.78 is 10.3. The number of hydrogen-bond acceptors (Lipinski definition) is 4. The summed E-state index contributed by atoms with van der Waals surface area (Å²) in [5, 5.41) is 2.95. The summed E-state index contributed by atoms with van der Waals surface area (Å²) in [6.45, 7) is 1.45. The lowest BCUT2D eigenvalue weighted by molar-refractivity contribution is -0.123. The van der Waals surface area contributed by atoms with Gasteiger partial charge in [0.1, 0.15) is 5.75 Å². The van der Waals surface area contributed by atoms with E-state index in [-0.39, 0.29) is 15.6 Å². The molecule has 1 amide bonds. The number of nitrogens with one attached hydrogen (secondary N) is 1. The van der Waals surface area contributed by atoms with Crippen molar-refractivity contribution in [2.24, 2.45) is 0 Å². The third kappa shape index (κ3) is 4.19. The Morgan fingerprint density at radius 1 is 1.04 bits per heavy atom. The summed E-state index contributed by atoms with van der Waals surface area (Å²) in [5.41, 5.74) is 0.501. The molecule has 126 valence electrons. The van der Waals surface area contributed by atoms with Gasteiger partial charge in [0, 0.05) is 0 Å². The summed E-state index contributed by atoms with van der Waals surface area (Å²) in [4.78, 5) is 24.4.